The highest BCUT2D eigenvalue weighted by atomic mass is 127. The largest absolute Gasteiger partial charge is 0.506 e. The van der Waals surface area contributed by atoms with Crippen molar-refractivity contribution in [3.8, 4) is 5.75 Å². The molecule has 0 fully saturated rings. The maximum atomic E-state index is 13.6. The number of benzene rings is 1. The van der Waals surface area contributed by atoms with E-state index < -0.39 is 11.2 Å². The molecule has 2 nitrogen and oxygen atoms in total. The Labute approximate surface area is 101 Å². The van der Waals surface area contributed by atoms with Crippen LogP contribution in [-0.4, -0.2) is 10.9 Å². The van der Waals surface area contributed by atoms with Gasteiger partial charge in [-0.25, -0.2) is 4.39 Å². The van der Waals surface area contributed by atoms with Gasteiger partial charge in [0.15, 0.2) is 5.78 Å². The number of hydrogen-bond acceptors (Lipinski definition) is 2. The second-order valence-electron chi connectivity index (χ2n) is 4.43. The molecule has 80 valence electrons. The van der Waals surface area contributed by atoms with E-state index in [1.54, 1.807) is 13.8 Å². The fourth-order valence-corrected chi connectivity index (χ4v) is 2.47. The molecule has 4 heteroatoms. The number of carbonyl (C=O) groups excluding carboxylic acids is 1. The molecule has 1 aliphatic rings. The van der Waals surface area contributed by atoms with Crippen molar-refractivity contribution in [1.29, 1.82) is 0 Å². The third-order valence-corrected chi connectivity index (χ3v) is 3.59. The molecule has 1 aliphatic carbocycles. The number of rotatable bonds is 0. The van der Waals surface area contributed by atoms with Gasteiger partial charge < -0.3 is 5.11 Å². The molecule has 1 N–H and O–H groups in total. The fourth-order valence-electron chi connectivity index (χ4n) is 1.93. The van der Waals surface area contributed by atoms with Crippen molar-refractivity contribution in [2.24, 2.45) is 5.41 Å². The van der Waals surface area contributed by atoms with E-state index in [1.807, 2.05) is 22.6 Å². The van der Waals surface area contributed by atoms with Gasteiger partial charge in [-0.15, -0.1) is 0 Å². The predicted octanol–water partition coefficient (Wildman–Crippen LogP) is 2.90. The van der Waals surface area contributed by atoms with E-state index >= 15 is 0 Å². The maximum Gasteiger partial charge on any atom is 0.172 e. The summed E-state index contributed by atoms with van der Waals surface area (Å²) in [6.07, 6.45) is 0.359. The van der Waals surface area contributed by atoms with Crippen LogP contribution >= 0.6 is 22.6 Å². The normalized spacial score (nSPS) is 18.0. The van der Waals surface area contributed by atoms with Crippen LogP contribution in [0.4, 0.5) is 4.39 Å². The second-order valence-corrected chi connectivity index (χ2v) is 5.59. The van der Waals surface area contributed by atoms with E-state index in [1.165, 1.54) is 6.07 Å². The van der Waals surface area contributed by atoms with Crippen molar-refractivity contribution in [3.05, 3.63) is 26.6 Å². The Morgan fingerprint density at radius 2 is 2.13 bits per heavy atom. The van der Waals surface area contributed by atoms with Gasteiger partial charge in [0, 0.05) is 11.0 Å². The predicted molar refractivity (Wildman–Crippen MR) is 62.6 cm³/mol. The van der Waals surface area contributed by atoms with Gasteiger partial charge in [0.2, 0.25) is 0 Å². The quantitative estimate of drug-likeness (QED) is 0.747. The highest BCUT2D eigenvalue weighted by Gasteiger charge is 2.41. The Morgan fingerprint density at radius 1 is 1.53 bits per heavy atom. The first-order valence-corrected chi connectivity index (χ1v) is 5.67. The zero-order valence-electron chi connectivity index (χ0n) is 8.40. The lowest BCUT2D eigenvalue weighted by molar-refractivity contribution is 0.0861. The van der Waals surface area contributed by atoms with E-state index in [0.29, 0.717) is 15.6 Å². The van der Waals surface area contributed by atoms with Crippen molar-refractivity contribution in [1.82, 2.24) is 0 Å². The minimum absolute atomic E-state index is 0.0809. The molecular formula is C11H10FIO2. The minimum Gasteiger partial charge on any atom is -0.506 e. The van der Waals surface area contributed by atoms with Crippen LogP contribution < -0.4 is 0 Å². The smallest absolute Gasteiger partial charge is 0.172 e. The van der Waals surface area contributed by atoms with Crippen LogP contribution in [0.15, 0.2) is 6.07 Å². The molecule has 0 spiro atoms. The molecule has 0 unspecified atom stereocenters. The third kappa shape index (κ3) is 1.46. The van der Waals surface area contributed by atoms with Crippen molar-refractivity contribution < 1.29 is 14.3 Å². The summed E-state index contributed by atoms with van der Waals surface area (Å²) in [4.78, 5) is 11.9. The molecule has 0 amide bonds. The molecule has 15 heavy (non-hydrogen) atoms. The van der Waals surface area contributed by atoms with Crippen LogP contribution in [0.5, 0.6) is 5.75 Å². The fraction of sp³-hybridized carbons (Fsp3) is 0.364. The van der Waals surface area contributed by atoms with Gasteiger partial charge in [-0.1, -0.05) is 13.8 Å². The van der Waals surface area contributed by atoms with Gasteiger partial charge >= 0.3 is 0 Å². The summed E-state index contributed by atoms with van der Waals surface area (Å²) in [5.74, 6) is -0.652. The monoisotopic (exact) mass is 320 g/mol. The SMILES string of the molecule is CC1(C)Cc2c(F)cc(I)c(O)c2C1=O. The number of ketones is 1. The first kappa shape index (κ1) is 10.9. The van der Waals surface area contributed by atoms with E-state index in [0.717, 1.165) is 0 Å². The van der Waals surface area contributed by atoms with Crippen LogP contribution in [0.2, 0.25) is 0 Å². The summed E-state index contributed by atoms with van der Waals surface area (Å²) < 4.78 is 14.0. The third-order valence-electron chi connectivity index (χ3n) is 2.77. The molecule has 0 saturated carbocycles. The second kappa shape index (κ2) is 3.17. The first-order valence-electron chi connectivity index (χ1n) is 4.59. The molecule has 0 saturated heterocycles. The lowest BCUT2D eigenvalue weighted by Gasteiger charge is -2.13. The molecule has 0 heterocycles. The van der Waals surface area contributed by atoms with Crippen molar-refractivity contribution in [2.75, 3.05) is 0 Å². The van der Waals surface area contributed by atoms with E-state index in [-0.39, 0.29) is 17.1 Å². The van der Waals surface area contributed by atoms with Gasteiger partial charge in [-0.2, -0.15) is 0 Å². The Balaban J connectivity index is 2.75. The van der Waals surface area contributed by atoms with Crippen LogP contribution in [-0.2, 0) is 6.42 Å². The standard InChI is InChI=1S/C11H10FIO2/c1-11(2)4-5-6(12)3-7(13)9(14)8(5)10(11)15/h3,14H,4H2,1-2H3. The lowest BCUT2D eigenvalue weighted by Crippen LogP contribution is -2.19. The Bertz CT molecular complexity index is 466. The average molecular weight is 320 g/mol. The van der Waals surface area contributed by atoms with Crippen molar-refractivity contribution in [3.63, 3.8) is 0 Å². The van der Waals surface area contributed by atoms with Gasteiger partial charge in [0.25, 0.3) is 0 Å². The van der Waals surface area contributed by atoms with Gasteiger partial charge in [0.05, 0.1) is 9.13 Å². The van der Waals surface area contributed by atoms with Crippen LogP contribution in [0.1, 0.15) is 29.8 Å². The van der Waals surface area contributed by atoms with Gasteiger partial charge in [0.1, 0.15) is 11.6 Å². The summed E-state index contributed by atoms with van der Waals surface area (Å²) in [5.41, 5.74) is -0.0854. The minimum atomic E-state index is -0.606. The Hall–Kier alpha value is -0.650. The lowest BCUT2D eigenvalue weighted by atomic mass is 9.89. The number of phenolic OH excluding ortho intramolecular Hbond substituents is 1. The summed E-state index contributed by atoms with van der Waals surface area (Å²) in [6, 6.07) is 1.27. The first-order chi connectivity index (χ1) is 6.84. The summed E-state index contributed by atoms with van der Waals surface area (Å²) >= 11 is 1.82. The highest BCUT2D eigenvalue weighted by Crippen LogP contribution is 2.43. The molecule has 1 aromatic rings. The molecule has 0 radical (unpaired) electrons. The van der Waals surface area contributed by atoms with Crippen molar-refractivity contribution >= 4 is 28.4 Å². The Kier molecular flexibility index (Phi) is 2.29. The molecule has 0 aliphatic heterocycles. The molecule has 0 bridgehead atoms. The zero-order valence-corrected chi connectivity index (χ0v) is 10.6. The van der Waals surface area contributed by atoms with Crippen molar-refractivity contribution in [2.45, 2.75) is 20.3 Å². The van der Waals surface area contributed by atoms with Crippen LogP contribution in [0, 0.1) is 14.8 Å². The summed E-state index contributed by atoms with van der Waals surface area (Å²) in [5, 5.41) is 9.75. The molecule has 1 aromatic carbocycles. The van der Waals surface area contributed by atoms with E-state index in [9.17, 15) is 14.3 Å². The van der Waals surface area contributed by atoms with Crippen LogP contribution in [0.25, 0.3) is 0 Å². The van der Waals surface area contributed by atoms with E-state index in [4.69, 9.17) is 0 Å². The number of carbonyl (C=O) groups is 1. The number of halogens is 2. The Morgan fingerprint density at radius 3 is 2.73 bits per heavy atom. The van der Waals surface area contributed by atoms with Gasteiger partial charge in [-0.05, 0) is 35.1 Å². The topological polar surface area (TPSA) is 37.3 Å². The number of aromatic hydroxyl groups is 1. The molecule has 0 aromatic heterocycles. The molecule has 0 atom stereocenters. The average Bonchev–Trinajstić information content (AvgIpc) is 2.36. The van der Waals surface area contributed by atoms with Crippen LogP contribution in [0.3, 0.4) is 0 Å². The molecular weight excluding hydrogens is 310 g/mol. The van der Waals surface area contributed by atoms with E-state index in [2.05, 4.69) is 0 Å². The number of phenols is 1. The number of hydrogen-bond donors (Lipinski definition) is 1. The molecule has 2 rings (SSSR count). The zero-order chi connectivity index (χ0) is 11.4. The van der Waals surface area contributed by atoms with Gasteiger partial charge in [-0.3, -0.25) is 4.79 Å². The highest BCUT2D eigenvalue weighted by molar-refractivity contribution is 14.1. The number of Topliss-reactive ketones (excluding diaryl/α,β-unsaturated/α-hetero) is 1. The summed E-state index contributed by atoms with van der Waals surface area (Å²) in [6.45, 7) is 3.53. The maximum absolute atomic E-state index is 13.6. The number of fused-ring (bicyclic) bond motifs is 1. The summed E-state index contributed by atoms with van der Waals surface area (Å²) in [7, 11) is 0.